The molecule has 158 valence electrons. The van der Waals surface area contributed by atoms with Crippen LogP contribution < -0.4 is 15.6 Å². The van der Waals surface area contributed by atoms with Crippen LogP contribution in [0.3, 0.4) is 0 Å². The van der Waals surface area contributed by atoms with Crippen molar-refractivity contribution < 1.29 is 17.9 Å². The molecule has 1 aromatic carbocycles. The van der Waals surface area contributed by atoms with Gasteiger partial charge in [0.25, 0.3) is 5.56 Å². The number of alkyl halides is 3. The summed E-state index contributed by atoms with van der Waals surface area (Å²) in [5, 5.41) is 4.28. The number of aromatic nitrogens is 3. The second-order valence-electron chi connectivity index (χ2n) is 6.80. The minimum absolute atomic E-state index is 0.329. The Hall–Kier alpha value is -3.88. The van der Waals surface area contributed by atoms with E-state index in [1.807, 2.05) is 18.2 Å². The van der Waals surface area contributed by atoms with Gasteiger partial charge >= 0.3 is 6.36 Å². The summed E-state index contributed by atoms with van der Waals surface area (Å²) in [5.74, 6) is 0.0641. The molecule has 0 amide bonds. The summed E-state index contributed by atoms with van der Waals surface area (Å²) >= 11 is 0. The third-order valence-electron chi connectivity index (χ3n) is 4.66. The van der Waals surface area contributed by atoms with Gasteiger partial charge in [-0.25, -0.2) is 4.98 Å². The predicted octanol–water partition coefficient (Wildman–Crippen LogP) is 4.60. The minimum atomic E-state index is -4.78. The van der Waals surface area contributed by atoms with Crippen LogP contribution in [-0.4, -0.2) is 20.9 Å². The maximum Gasteiger partial charge on any atom is 0.573 e. The van der Waals surface area contributed by atoms with Crippen molar-refractivity contribution in [3.63, 3.8) is 0 Å². The van der Waals surface area contributed by atoms with Gasteiger partial charge in [0, 0.05) is 36.5 Å². The highest BCUT2D eigenvalue weighted by Crippen LogP contribution is 2.25. The second-order valence-corrected chi connectivity index (χ2v) is 6.80. The van der Waals surface area contributed by atoms with Crippen LogP contribution in [0.1, 0.15) is 11.3 Å². The van der Waals surface area contributed by atoms with E-state index in [2.05, 4.69) is 20.0 Å². The average molecular weight is 426 g/mol. The van der Waals surface area contributed by atoms with Crippen LogP contribution in [0, 0.1) is 6.92 Å². The molecule has 9 heteroatoms. The van der Waals surface area contributed by atoms with Gasteiger partial charge in [0.1, 0.15) is 11.6 Å². The third kappa shape index (κ3) is 4.50. The van der Waals surface area contributed by atoms with Crippen molar-refractivity contribution in [2.75, 3.05) is 5.32 Å². The molecule has 0 saturated carbocycles. The fourth-order valence-electron chi connectivity index (χ4n) is 3.32. The number of halogens is 3. The van der Waals surface area contributed by atoms with Crippen molar-refractivity contribution >= 4 is 16.6 Å². The number of aryl methyl sites for hydroxylation is 1. The van der Waals surface area contributed by atoms with Gasteiger partial charge in [-0.3, -0.25) is 14.3 Å². The summed E-state index contributed by atoms with van der Waals surface area (Å²) < 4.78 is 42.6. The summed E-state index contributed by atoms with van der Waals surface area (Å²) in [6.07, 6.45) is 0.189. The lowest BCUT2D eigenvalue weighted by molar-refractivity contribution is -0.274. The molecule has 4 rings (SSSR count). The van der Waals surface area contributed by atoms with Crippen molar-refractivity contribution in [1.82, 2.24) is 14.5 Å². The zero-order valence-electron chi connectivity index (χ0n) is 16.3. The Morgan fingerprint density at radius 1 is 1.03 bits per heavy atom. The van der Waals surface area contributed by atoms with E-state index in [-0.39, 0.29) is 11.3 Å². The maximum atomic E-state index is 13.4. The molecule has 0 aliphatic carbocycles. The maximum absolute atomic E-state index is 13.4. The fourth-order valence-corrected chi connectivity index (χ4v) is 3.32. The van der Waals surface area contributed by atoms with Crippen molar-refractivity contribution in [2.45, 2.75) is 19.8 Å². The van der Waals surface area contributed by atoms with E-state index in [4.69, 9.17) is 0 Å². The topological polar surface area (TPSA) is 69.0 Å². The second kappa shape index (κ2) is 8.10. The number of benzene rings is 1. The smallest absolute Gasteiger partial charge is 0.406 e. The van der Waals surface area contributed by atoms with Gasteiger partial charge in [-0.2, -0.15) is 0 Å². The lowest BCUT2D eigenvalue weighted by Gasteiger charge is -2.15. The molecule has 3 aromatic heterocycles. The van der Waals surface area contributed by atoms with Gasteiger partial charge in [0.15, 0.2) is 0 Å². The summed E-state index contributed by atoms with van der Waals surface area (Å²) in [4.78, 5) is 21.7. The molecule has 1 N–H and O–H groups in total. The molecular formula is C22H17F3N4O2. The average Bonchev–Trinajstić information content (AvgIpc) is 2.73. The Labute approximate surface area is 175 Å². The number of anilines is 1. The predicted molar refractivity (Wildman–Crippen MR) is 110 cm³/mol. The van der Waals surface area contributed by atoms with E-state index in [1.165, 1.54) is 28.8 Å². The van der Waals surface area contributed by atoms with Crippen LogP contribution in [0.4, 0.5) is 19.0 Å². The SMILES string of the molecule is Cc1cc2ccnc(NCc3ccncc3)c2c(=O)n1-c1ccc(OC(F)(F)F)cc1. The van der Waals surface area contributed by atoms with E-state index in [9.17, 15) is 18.0 Å². The normalized spacial score (nSPS) is 11.5. The highest BCUT2D eigenvalue weighted by atomic mass is 19.4. The molecule has 0 bridgehead atoms. The number of rotatable bonds is 5. The van der Waals surface area contributed by atoms with Crippen molar-refractivity contribution in [1.29, 1.82) is 0 Å². The first-order valence-corrected chi connectivity index (χ1v) is 9.32. The van der Waals surface area contributed by atoms with Crippen molar-refractivity contribution in [3.8, 4) is 11.4 Å². The number of hydrogen-bond donors (Lipinski definition) is 1. The number of nitrogens with zero attached hydrogens (tertiary/aromatic N) is 3. The van der Waals surface area contributed by atoms with Crippen LogP contribution in [0.5, 0.6) is 5.75 Å². The molecule has 0 atom stereocenters. The number of fused-ring (bicyclic) bond motifs is 1. The van der Waals surface area contributed by atoms with Crippen molar-refractivity contribution in [3.05, 3.63) is 88.7 Å². The summed E-state index contributed by atoms with van der Waals surface area (Å²) in [6, 6.07) is 12.4. The summed E-state index contributed by atoms with van der Waals surface area (Å²) in [6.45, 7) is 2.21. The first kappa shape index (κ1) is 20.4. The Bertz CT molecular complexity index is 1270. The third-order valence-corrected chi connectivity index (χ3v) is 4.66. The Balaban J connectivity index is 1.74. The van der Waals surface area contributed by atoms with Gasteiger partial charge in [-0.05, 0) is 66.4 Å². The molecule has 0 aliphatic heterocycles. The van der Waals surface area contributed by atoms with Gasteiger partial charge in [0.2, 0.25) is 0 Å². The molecular weight excluding hydrogens is 409 g/mol. The van der Waals surface area contributed by atoms with E-state index in [0.29, 0.717) is 34.5 Å². The molecule has 6 nitrogen and oxygen atoms in total. The standard InChI is InChI=1S/C22H17F3N4O2/c1-14-12-16-8-11-27-20(28-13-15-6-9-26-10-7-15)19(16)21(30)29(14)17-2-4-18(5-3-17)31-22(23,24)25/h2-12H,13H2,1H3,(H,27,28). The molecule has 0 fully saturated rings. The first-order chi connectivity index (χ1) is 14.8. The van der Waals surface area contributed by atoms with E-state index in [0.717, 1.165) is 5.56 Å². The molecule has 31 heavy (non-hydrogen) atoms. The quantitative estimate of drug-likeness (QED) is 0.505. The van der Waals surface area contributed by atoms with E-state index >= 15 is 0 Å². The molecule has 0 unspecified atom stereocenters. The van der Waals surface area contributed by atoms with Gasteiger partial charge < -0.3 is 10.1 Å². The lowest BCUT2D eigenvalue weighted by Crippen LogP contribution is -2.22. The molecule has 0 spiro atoms. The molecule has 0 radical (unpaired) electrons. The first-order valence-electron chi connectivity index (χ1n) is 9.32. The highest BCUT2D eigenvalue weighted by Gasteiger charge is 2.31. The van der Waals surface area contributed by atoms with Crippen LogP contribution >= 0.6 is 0 Å². The van der Waals surface area contributed by atoms with Crippen LogP contribution in [0.2, 0.25) is 0 Å². The van der Waals surface area contributed by atoms with E-state index < -0.39 is 6.36 Å². The number of hydrogen-bond acceptors (Lipinski definition) is 5. The summed E-state index contributed by atoms with van der Waals surface area (Å²) in [5.41, 5.74) is 1.70. The Kier molecular flexibility index (Phi) is 5.33. The van der Waals surface area contributed by atoms with Crippen molar-refractivity contribution in [2.24, 2.45) is 0 Å². The molecule has 3 heterocycles. The van der Waals surface area contributed by atoms with Gasteiger partial charge in [0.05, 0.1) is 5.39 Å². The zero-order chi connectivity index (χ0) is 22.0. The highest BCUT2D eigenvalue weighted by molar-refractivity contribution is 5.91. The molecule has 4 aromatic rings. The van der Waals surface area contributed by atoms with Crippen LogP contribution in [0.25, 0.3) is 16.5 Å². The Morgan fingerprint density at radius 3 is 2.42 bits per heavy atom. The molecule has 0 saturated heterocycles. The lowest BCUT2D eigenvalue weighted by atomic mass is 10.1. The van der Waals surface area contributed by atoms with Gasteiger partial charge in [-0.15, -0.1) is 13.2 Å². The zero-order valence-corrected chi connectivity index (χ0v) is 16.3. The number of pyridine rings is 3. The van der Waals surface area contributed by atoms with Crippen LogP contribution in [0.15, 0.2) is 71.9 Å². The largest absolute Gasteiger partial charge is 0.573 e. The fraction of sp³-hybridized carbons (Fsp3) is 0.136. The molecule has 0 aliphatic rings. The van der Waals surface area contributed by atoms with Crippen LogP contribution in [-0.2, 0) is 6.54 Å². The minimum Gasteiger partial charge on any atom is -0.406 e. The number of ether oxygens (including phenoxy) is 1. The monoisotopic (exact) mass is 426 g/mol. The van der Waals surface area contributed by atoms with E-state index in [1.54, 1.807) is 31.6 Å². The summed E-state index contributed by atoms with van der Waals surface area (Å²) in [7, 11) is 0. The van der Waals surface area contributed by atoms with Gasteiger partial charge in [-0.1, -0.05) is 0 Å². The number of nitrogens with one attached hydrogen (secondary N) is 1. The Morgan fingerprint density at radius 2 is 1.74 bits per heavy atom.